The minimum absolute atomic E-state index is 0.359. The first-order chi connectivity index (χ1) is 12.9. The Morgan fingerprint density at radius 2 is 1.15 bits per heavy atom. The maximum Gasteiger partial charge on any atom is 0.0958 e. The Labute approximate surface area is 164 Å². The summed E-state index contributed by atoms with van der Waals surface area (Å²) in [5.41, 5.74) is 0. The van der Waals surface area contributed by atoms with Gasteiger partial charge in [-0.3, -0.25) is 0 Å². The van der Waals surface area contributed by atoms with Gasteiger partial charge in [0.25, 0.3) is 0 Å². The lowest BCUT2D eigenvalue weighted by molar-refractivity contribution is -0.327. The summed E-state index contributed by atoms with van der Waals surface area (Å²) in [7, 11) is 0. The second-order valence-corrected chi connectivity index (χ2v) is 8.53. The normalized spacial score (nSPS) is 19.4. The summed E-state index contributed by atoms with van der Waals surface area (Å²) in [6, 6.07) is 0. The summed E-state index contributed by atoms with van der Waals surface area (Å²) in [5, 5.41) is 0. The largest absolute Gasteiger partial charge is 0.236 e. The average molecular weight is 369 g/mol. The molecular weight excluding hydrogens is 320 g/mol. The second kappa shape index (κ2) is 18.3. The Kier molecular flexibility index (Phi) is 16.9. The average Bonchev–Trinajstić information content (AvgIpc) is 2.94. The summed E-state index contributed by atoms with van der Waals surface area (Å²) in [4.78, 5) is 11.2. The van der Waals surface area contributed by atoms with E-state index in [9.17, 15) is 0 Å². The summed E-state index contributed by atoms with van der Waals surface area (Å²) >= 11 is 0. The number of hydrogen-bond donors (Lipinski definition) is 0. The van der Waals surface area contributed by atoms with Gasteiger partial charge in [-0.15, -0.1) is 0 Å². The third kappa shape index (κ3) is 13.1. The first-order valence-corrected chi connectivity index (χ1v) is 12.2. The van der Waals surface area contributed by atoms with Gasteiger partial charge < -0.3 is 0 Å². The van der Waals surface area contributed by atoms with Crippen LogP contribution in [0.4, 0.5) is 0 Å². The molecule has 1 fully saturated rings. The van der Waals surface area contributed by atoms with Crippen molar-refractivity contribution in [2.75, 3.05) is 6.61 Å². The molecule has 1 saturated heterocycles. The van der Waals surface area contributed by atoms with Crippen molar-refractivity contribution in [1.29, 1.82) is 0 Å². The number of rotatable bonds is 17. The minimum atomic E-state index is 0.359. The molecule has 1 heterocycles. The molecule has 0 amide bonds. The van der Waals surface area contributed by atoms with Crippen molar-refractivity contribution in [2.45, 2.75) is 142 Å². The zero-order valence-electron chi connectivity index (χ0n) is 18.1. The predicted molar refractivity (Wildman–Crippen MR) is 113 cm³/mol. The van der Waals surface area contributed by atoms with E-state index in [2.05, 4.69) is 13.8 Å². The Balaban J connectivity index is 2.19. The van der Waals surface area contributed by atoms with Gasteiger partial charge >= 0.3 is 0 Å². The molecule has 0 aromatic rings. The van der Waals surface area contributed by atoms with E-state index >= 15 is 0 Å². The highest BCUT2D eigenvalue weighted by molar-refractivity contribution is 4.72. The lowest BCUT2D eigenvalue weighted by atomic mass is 9.87. The van der Waals surface area contributed by atoms with Gasteiger partial charge in [0.05, 0.1) is 12.7 Å². The zero-order chi connectivity index (χ0) is 18.7. The maximum atomic E-state index is 5.78. The van der Waals surface area contributed by atoms with E-state index in [-0.39, 0.29) is 0 Å². The van der Waals surface area contributed by atoms with Gasteiger partial charge in [-0.05, 0) is 38.0 Å². The molecule has 1 aliphatic heterocycles. The van der Waals surface area contributed by atoms with Crippen LogP contribution >= 0.6 is 0 Å². The lowest BCUT2D eigenvalue weighted by Crippen LogP contribution is -2.23. The molecule has 26 heavy (non-hydrogen) atoms. The maximum absolute atomic E-state index is 5.78. The lowest BCUT2D eigenvalue weighted by Gasteiger charge is -2.25. The molecule has 0 aliphatic carbocycles. The first kappa shape index (κ1) is 24.0. The third-order valence-corrected chi connectivity index (χ3v) is 6.04. The summed E-state index contributed by atoms with van der Waals surface area (Å²) in [6.07, 6.45) is 26.4. The van der Waals surface area contributed by atoms with Crippen molar-refractivity contribution in [3.8, 4) is 0 Å². The summed E-state index contributed by atoms with van der Waals surface area (Å²) < 4.78 is 0. The van der Waals surface area contributed by atoms with Crippen LogP contribution in [0.2, 0.25) is 0 Å². The highest BCUT2D eigenvalue weighted by atomic mass is 17.2. The topological polar surface area (TPSA) is 18.5 Å². The van der Waals surface area contributed by atoms with E-state index in [1.54, 1.807) is 0 Å². The Bertz CT molecular complexity index is 271. The predicted octanol–water partition coefficient (Wildman–Crippen LogP) is 8.38. The smallest absolute Gasteiger partial charge is 0.0958 e. The van der Waals surface area contributed by atoms with Crippen LogP contribution in [0.5, 0.6) is 0 Å². The van der Waals surface area contributed by atoms with Gasteiger partial charge in [-0.2, -0.15) is 0 Å². The van der Waals surface area contributed by atoms with E-state index in [4.69, 9.17) is 9.78 Å². The van der Waals surface area contributed by atoms with Crippen LogP contribution in [0, 0.1) is 5.92 Å². The van der Waals surface area contributed by atoms with Crippen molar-refractivity contribution >= 4 is 0 Å². The van der Waals surface area contributed by atoms with Gasteiger partial charge in [-0.1, -0.05) is 104 Å². The van der Waals surface area contributed by atoms with Crippen molar-refractivity contribution in [3.63, 3.8) is 0 Å². The van der Waals surface area contributed by atoms with Crippen LogP contribution in [0.15, 0.2) is 0 Å². The molecule has 1 rings (SSSR count). The van der Waals surface area contributed by atoms with Gasteiger partial charge in [0.15, 0.2) is 0 Å². The van der Waals surface area contributed by atoms with Crippen molar-refractivity contribution in [3.05, 3.63) is 0 Å². The molecular formula is C24H48O2. The quantitative estimate of drug-likeness (QED) is 0.189. The minimum Gasteiger partial charge on any atom is -0.236 e. The van der Waals surface area contributed by atoms with Gasteiger partial charge in [0, 0.05) is 0 Å². The van der Waals surface area contributed by atoms with Gasteiger partial charge in [0.2, 0.25) is 0 Å². The third-order valence-electron chi connectivity index (χ3n) is 6.04. The summed E-state index contributed by atoms with van der Waals surface area (Å²) in [5.74, 6) is 0.722. The molecule has 156 valence electrons. The molecule has 0 spiro atoms. The molecule has 2 nitrogen and oxygen atoms in total. The molecule has 0 aromatic heterocycles. The molecule has 2 unspecified atom stereocenters. The molecule has 0 N–H and O–H groups in total. The fourth-order valence-electron chi connectivity index (χ4n) is 4.25. The van der Waals surface area contributed by atoms with Crippen molar-refractivity contribution in [2.24, 2.45) is 5.92 Å². The second-order valence-electron chi connectivity index (χ2n) is 8.53. The fourth-order valence-corrected chi connectivity index (χ4v) is 4.25. The standard InChI is InChI=1S/C24H48O2/c1-3-5-7-9-11-12-14-16-20-23(19-15-13-10-8-6-4-2)24-21-17-18-22-25-26-24/h23-24H,3-22H2,1-2H3. The van der Waals surface area contributed by atoms with E-state index in [0.717, 1.165) is 18.9 Å². The van der Waals surface area contributed by atoms with Crippen LogP contribution in [0.25, 0.3) is 0 Å². The molecule has 1 aliphatic rings. The van der Waals surface area contributed by atoms with Crippen LogP contribution < -0.4 is 0 Å². The van der Waals surface area contributed by atoms with E-state index in [0.29, 0.717) is 6.10 Å². The fraction of sp³-hybridized carbons (Fsp3) is 1.00. The molecule has 2 heteroatoms. The van der Waals surface area contributed by atoms with E-state index in [1.165, 1.54) is 116 Å². The van der Waals surface area contributed by atoms with Crippen LogP contribution in [0.1, 0.15) is 136 Å². The van der Waals surface area contributed by atoms with Crippen molar-refractivity contribution < 1.29 is 9.78 Å². The molecule has 2 atom stereocenters. The number of hydrogen-bond acceptors (Lipinski definition) is 2. The molecule has 0 bridgehead atoms. The zero-order valence-corrected chi connectivity index (χ0v) is 18.1. The molecule has 0 radical (unpaired) electrons. The van der Waals surface area contributed by atoms with E-state index < -0.39 is 0 Å². The highest BCUT2D eigenvalue weighted by Gasteiger charge is 2.24. The Morgan fingerprint density at radius 1 is 0.654 bits per heavy atom. The van der Waals surface area contributed by atoms with Crippen molar-refractivity contribution in [1.82, 2.24) is 0 Å². The Hall–Kier alpha value is -0.0800. The van der Waals surface area contributed by atoms with E-state index in [1.807, 2.05) is 0 Å². The summed E-state index contributed by atoms with van der Waals surface area (Å²) in [6.45, 7) is 5.38. The van der Waals surface area contributed by atoms with Gasteiger partial charge in [0.1, 0.15) is 0 Å². The number of unbranched alkanes of at least 4 members (excludes halogenated alkanes) is 12. The van der Waals surface area contributed by atoms with Crippen LogP contribution in [0.3, 0.4) is 0 Å². The first-order valence-electron chi connectivity index (χ1n) is 12.2. The SMILES string of the molecule is CCCCCCCCCCC(CCCCCCCC)C1CCCCOO1. The Morgan fingerprint density at radius 3 is 1.69 bits per heavy atom. The molecule has 0 saturated carbocycles. The highest BCUT2D eigenvalue weighted by Crippen LogP contribution is 2.28. The molecule has 0 aromatic carbocycles. The van der Waals surface area contributed by atoms with Crippen LogP contribution in [-0.4, -0.2) is 12.7 Å². The monoisotopic (exact) mass is 368 g/mol. The van der Waals surface area contributed by atoms with Crippen LogP contribution in [-0.2, 0) is 9.78 Å². The van der Waals surface area contributed by atoms with Gasteiger partial charge in [-0.25, -0.2) is 9.78 Å².